The number of rotatable bonds is 18. The molecule has 0 bridgehead atoms. The minimum Gasteiger partial charge on any atom is -0.481 e. The van der Waals surface area contributed by atoms with Crippen molar-refractivity contribution in [3.63, 3.8) is 0 Å². The summed E-state index contributed by atoms with van der Waals surface area (Å²) in [5, 5.41) is 34.1. The van der Waals surface area contributed by atoms with E-state index in [0.29, 0.717) is 38.6 Å². The van der Waals surface area contributed by atoms with Crippen molar-refractivity contribution in [1.29, 1.82) is 0 Å². The van der Waals surface area contributed by atoms with Gasteiger partial charge in [-0.3, -0.25) is 9.59 Å². The van der Waals surface area contributed by atoms with E-state index in [1.165, 1.54) is 0 Å². The van der Waals surface area contributed by atoms with Crippen LogP contribution in [0.3, 0.4) is 0 Å². The molecule has 0 spiro atoms. The van der Waals surface area contributed by atoms with Gasteiger partial charge in [0.2, 0.25) is 5.91 Å². The predicted molar refractivity (Wildman–Crippen MR) is 138 cm³/mol. The monoisotopic (exact) mass is 586 g/mol. The van der Waals surface area contributed by atoms with Gasteiger partial charge in [-0.25, -0.2) is 14.4 Å². The summed E-state index contributed by atoms with van der Waals surface area (Å²) in [6.07, 6.45) is 2.54. The number of amides is 3. The van der Waals surface area contributed by atoms with Crippen LogP contribution in [0.2, 0.25) is 0 Å². The van der Waals surface area contributed by atoms with Crippen molar-refractivity contribution in [2.75, 3.05) is 6.54 Å². The normalized spacial score (nSPS) is 13.1. The number of hydrogen-bond donors (Lipinski definition) is 7. The molecule has 37 heavy (non-hydrogen) atoms. The summed E-state index contributed by atoms with van der Waals surface area (Å²) in [4.78, 5) is 57.2. The van der Waals surface area contributed by atoms with Gasteiger partial charge in [0.05, 0.1) is 0 Å². The predicted octanol–water partition coefficient (Wildman–Crippen LogP) is 1.85. The Morgan fingerprint density at radius 2 is 1.41 bits per heavy atom. The van der Waals surface area contributed by atoms with Crippen molar-refractivity contribution in [3.8, 4) is 0 Å². The van der Waals surface area contributed by atoms with Crippen LogP contribution in [-0.2, 0) is 25.6 Å². The van der Waals surface area contributed by atoms with E-state index in [0.717, 1.165) is 16.5 Å². The molecule has 8 N–H and O–H groups in total. The third-order valence-corrected chi connectivity index (χ3v) is 6.01. The van der Waals surface area contributed by atoms with Crippen molar-refractivity contribution in [3.05, 3.63) is 34.3 Å². The molecule has 206 valence electrons. The van der Waals surface area contributed by atoms with Crippen LogP contribution in [-0.4, -0.2) is 69.8 Å². The second-order valence-corrected chi connectivity index (χ2v) is 9.58. The standard InChI is InChI=1S/C24H35BrN4O8/c25-16-9-7-15(8-10-16)14-17(26)4-3-6-20(30)27-13-2-1-5-18(22(33)34)28-24(37)29-19(23(35)36)11-12-21(31)32/h7-10,17-19H,1-6,11-14,26H2,(H,27,30)(H,31,32)(H,33,34)(H,35,36)(H2,28,29,37)/t17?,18-,19-/m0/s1. The van der Waals surface area contributed by atoms with Crippen molar-refractivity contribution >= 4 is 45.8 Å². The molecule has 0 saturated heterocycles. The molecule has 0 aliphatic rings. The lowest BCUT2D eigenvalue weighted by atomic mass is 10.0. The first-order valence-corrected chi connectivity index (χ1v) is 12.8. The lowest BCUT2D eigenvalue weighted by Crippen LogP contribution is -2.51. The van der Waals surface area contributed by atoms with Gasteiger partial charge >= 0.3 is 23.9 Å². The molecule has 0 fully saturated rings. The number of halogens is 1. The Morgan fingerprint density at radius 3 is 1.97 bits per heavy atom. The van der Waals surface area contributed by atoms with Crippen molar-refractivity contribution in [2.45, 2.75) is 75.9 Å². The third-order valence-electron chi connectivity index (χ3n) is 5.49. The Kier molecular flexibility index (Phi) is 14.9. The number of urea groups is 1. The maximum Gasteiger partial charge on any atom is 0.326 e. The molecular weight excluding hydrogens is 552 g/mol. The largest absolute Gasteiger partial charge is 0.481 e. The summed E-state index contributed by atoms with van der Waals surface area (Å²) >= 11 is 3.39. The van der Waals surface area contributed by atoms with Gasteiger partial charge in [-0.15, -0.1) is 0 Å². The average Bonchev–Trinajstić information content (AvgIpc) is 2.81. The van der Waals surface area contributed by atoms with Crippen LogP contribution in [0, 0.1) is 0 Å². The fourth-order valence-corrected chi connectivity index (χ4v) is 3.74. The van der Waals surface area contributed by atoms with E-state index in [1.807, 2.05) is 24.3 Å². The second-order valence-electron chi connectivity index (χ2n) is 8.66. The fourth-order valence-electron chi connectivity index (χ4n) is 3.48. The molecular formula is C24H35BrN4O8. The summed E-state index contributed by atoms with van der Waals surface area (Å²) in [7, 11) is 0. The molecule has 0 radical (unpaired) electrons. The molecule has 0 saturated carbocycles. The van der Waals surface area contributed by atoms with E-state index >= 15 is 0 Å². The average molecular weight is 587 g/mol. The van der Waals surface area contributed by atoms with Crippen molar-refractivity contribution < 1.29 is 39.3 Å². The highest BCUT2D eigenvalue weighted by Gasteiger charge is 2.24. The van der Waals surface area contributed by atoms with E-state index in [9.17, 15) is 29.1 Å². The van der Waals surface area contributed by atoms with Gasteiger partial charge in [0, 0.05) is 29.9 Å². The molecule has 1 unspecified atom stereocenters. The molecule has 1 aromatic carbocycles. The number of carbonyl (C=O) groups excluding carboxylic acids is 2. The minimum atomic E-state index is -1.46. The second kappa shape index (κ2) is 17.3. The van der Waals surface area contributed by atoms with E-state index in [4.69, 9.17) is 15.9 Å². The SMILES string of the molecule is NC(CCCC(=O)NCCCC[C@H](NC(=O)N[C@@H](CCC(=O)O)C(=O)O)C(=O)O)Cc1ccc(Br)cc1. The van der Waals surface area contributed by atoms with Gasteiger partial charge in [0.15, 0.2) is 0 Å². The van der Waals surface area contributed by atoms with Crippen molar-refractivity contribution in [2.24, 2.45) is 5.73 Å². The zero-order chi connectivity index (χ0) is 27.8. The fraction of sp³-hybridized carbons (Fsp3) is 0.542. The molecule has 12 nitrogen and oxygen atoms in total. The van der Waals surface area contributed by atoms with Gasteiger partial charge in [0.1, 0.15) is 12.1 Å². The maximum atomic E-state index is 12.0. The molecule has 3 atom stereocenters. The Morgan fingerprint density at radius 1 is 0.811 bits per heavy atom. The van der Waals surface area contributed by atoms with Crippen LogP contribution in [0.15, 0.2) is 28.7 Å². The van der Waals surface area contributed by atoms with Gasteiger partial charge in [-0.1, -0.05) is 28.1 Å². The highest BCUT2D eigenvalue weighted by atomic mass is 79.9. The molecule has 0 aliphatic carbocycles. The number of hydrogen-bond acceptors (Lipinski definition) is 6. The van der Waals surface area contributed by atoms with Crippen LogP contribution < -0.4 is 21.7 Å². The zero-order valence-corrected chi connectivity index (χ0v) is 22.0. The molecule has 0 heterocycles. The first-order chi connectivity index (χ1) is 17.5. The van der Waals surface area contributed by atoms with E-state index in [1.54, 1.807) is 0 Å². The third kappa shape index (κ3) is 14.8. The van der Waals surface area contributed by atoms with Crippen LogP contribution in [0.1, 0.15) is 56.9 Å². The zero-order valence-electron chi connectivity index (χ0n) is 20.5. The van der Waals surface area contributed by atoms with Crippen LogP contribution in [0.5, 0.6) is 0 Å². The molecule has 0 aliphatic heterocycles. The first kappa shape index (κ1) is 31.8. The number of carboxylic acid groups (broad SMARTS) is 3. The highest BCUT2D eigenvalue weighted by Crippen LogP contribution is 2.13. The smallest absolute Gasteiger partial charge is 0.326 e. The van der Waals surface area contributed by atoms with Crippen LogP contribution in [0.4, 0.5) is 4.79 Å². The molecule has 1 rings (SSSR count). The van der Waals surface area contributed by atoms with E-state index in [-0.39, 0.29) is 24.8 Å². The van der Waals surface area contributed by atoms with Crippen LogP contribution >= 0.6 is 15.9 Å². The quantitative estimate of drug-likeness (QED) is 0.125. The lowest BCUT2D eigenvalue weighted by molar-refractivity contribution is -0.140. The Hall–Kier alpha value is -3.19. The summed E-state index contributed by atoms with van der Waals surface area (Å²) < 4.78 is 1.00. The number of nitrogens with two attached hydrogens (primary N) is 1. The lowest BCUT2D eigenvalue weighted by Gasteiger charge is -2.18. The molecule has 0 aromatic heterocycles. The number of aliphatic carboxylic acids is 3. The van der Waals surface area contributed by atoms with Crippen molar-refractivity contribution in [1.82, 2.24) is 16.0 Å². The van der Waals surface area contributed by atoms with Gasteiger partial charge < -0.3 is 37.0 Å². The van der Waals surface area contributed by atoms with E-state index in [2.05, 4.69) is 31.9 Å². The Balaban J connectivity index is 2.25. The van der Waals surface area contributed by atoms with Crippen LogP contribution in [0.25, 0.3) is 0 Å². The summed E-state index contributed by atoms with van der Waals surface area (Å²) in [6, 6.07) is 4.13. The topological polar surface area (TPSA) is 208 Å². The summed E-state index contributed by atoms with van der Waals surface area (Å²) in [5.41, 5.74) is 7.28. The van der Waals surface area contributed by atoms with Gasteiger partial charge in [-0.2, -0.15) is 0 Å². The number of unbranched alkanes of at least 4 members (excludes halogenated alkanes) is 1. The number of carboxylic acids is 3. The van der Waals surface area contributed by atoms with Gasteiger partial charge in [-0.05, 0) is 62.6 Å². The highest BCUT2D eigenvalue weighted by molar-refractivity contribution is 9.10. The molecule has 13 heteroatoms. The molecule has 3 amide bonds. The first-order valence-electron chi connectivity index (χ1n) is 12.0. The van der Waals surface area contributed by atoms with E-state index < -0.39 is 42.4 Å². The summed E-state index contributed by atoms with van der Waals surface area (Å²) in [6.45, 7) is 0.346. The minimum absolute atomic E-state index is 0.0467. The summed E-state index contributed by atoms with van der Waals surface area (Å²) in [5.74, 6) is -4.06. The maximum absolute atomic E-state index is 12.0. The molecule has 1 aromatic rings. The number of benzene rings is 1. The Labute approximate surface area is 223 Å². The number of nitrogens with one attached hydrogen (secondary N) is 3. The van der Waals surface area contributed by atoms with Gasteiger partial charge in [0.25, 0.3) is 0 Å². The Bertz CT molecular complexity index is 913. The number of carbonyl (C=O) groups is 5.